The number of rotatable bonds is 4. The predicted molar refractivity (Wildman–Crippen MR) is 75.2 cm³/mol. The van der Waals surface area contributed by atoms with E-state index < -0.39 is 0 Å². The SMILES string of the molecule is Cc1nn(C)c2c1nc(CCl)n2CC1(C2CC2)CC1. The molecule has 0 atom stereocenters. The van der Waals surface area contributed by atoms with E-state index in [2.05, 4.69) is 9.67 Å². The highest BCUT2D eigenvalue weighted by Gasteiger charge is 2.54. The van der Waals surface area contributed by atoms with Gasteiger partial charge in [0.25, 0.3) is 0 Å². The molecule has 2 heterocycles. The Kier molecular flexibility index (Phi) is 2.32. The number of hydrogen-bond acceptors (Lipinski definition) is 2. The summed E-state index contributed by atoms with van der Waals surface area (Å²) in [5, 5.41) is 4.49. The summed E-state index contributed by atoms with van der Waals surface area (Å²) in [6, 6.07) is 0. The Hall–Kier alpha value is -1.03. The summed E-state index contributed by atoms with van der Waals surface area (Å²) in [7, 11) is 2.00. The molecule has 5 heteroatoms. The Balaban J connectivity index is 1.82. The third-order valence-electron chi connectivity index (χ3n) is 4.90. The first-order valence-electron chi connectivity index (χ1n) is 7.09. The van der Waals surface area contributed by atoms with Crippen LogP contribution < -0.4 is 0 Å². The van der Waals surface area contributed by atoms with Crippen LogP contribution in [0.1, 0.15) is 37.2 Å². The second kappa shape index (κ2) is 3.75. The van der Waals surface area contributed by atoms with Gasteiger partial charge in [0.1, 0.15) is 11.3 Å². The maximum Gasteiger partial charge on any atom is 0.158 e. The topological polar surface area (TPSA) is 35.6 Å². The Labute approximate surface area is 117 Å². The van der Waals surface area contributed by atoms with Gasteiger partial charge in [-0.2, -0.15) is 5.10 Å². The molecule has 2 saturated carbocycles. The van der Waals surface area contributed by atoms with Crippen LogP contribution in [0.15, 0.2) is 0 Å². The molecule has 0 spiro atoms. The monoisotopic (exact) mass is 278 g/mol. The fraction of sp³-hybridized carbons (Fsp3) is 0.714. The number of aryl methyl sites for hydroxylation is 2. The van der Waals surface area contributed by atoms with Crippen LogP contribution >= 0.6 is 11.6 Å². The predicted octanol–water partition coefficient (Wildman–Crippen LogP) is 3.01. The highest BCUT2D eigenvalue weighted by Crippen LogP contribution is 2.62. The van der Waals surface area contributed by atoms with Crippen LogP contribution in [-0.4, -0.2) is 19.3 Å². The van der Waals surface area contributed by atoms with E-state index in [4.69, 9.17) is 16.6 Å². The van der Waals surface area contributed by atoms with Gasteiger partial charge >= 0.3 is 0 Å². The van der Waals surface area contributed by atoms with E-state index in [-0.39, 0.29) is 0 Å². The van der Waals surface area contributed by atoms with Crippen LogP contribution in [0.4, 0.5) is 0 Å². The summed E-state index contributed by atoms with van der Waals surface area (Å²) in [6.07, 6.45) is 5.57. The Morgan fingerprint density at radius 1 is 1.37 bits per heavy atom. The summed E-state index contributed by atoms with van der Waals surface area (Å²) in [5.74, 6) is 2.43. The van der Waals surface area contributed by atoms with E-state index in [9.17, 15) is 0 Å². The van der Waals surface area contributed by atoms with Crippen LogP contribution in [0.2, 0.25) is 0 Å². The minimum Gasteiger partial charge on any atom is -0.311 e. The molecule has 19 heavy (non-hydrogen) atoms. The Morgan fingerprint density at radius 3 is 2.68 bits per heavy atom. The third kappa shape index (κ3) is 1.65. The number of halogens is 1. The summed E-state index contributed by atoms with van der Waals surface area (Å²) in [5.41, 5.74) is 3.70. The van der Waals surface area contributed by atoms with Crippen molar-refractivity contribution in [2.24, 2.45) is 18.4 Å². The van der Waals surface area contributed by atoms with E-state index in [1.165, 1.54) is 25.7 Å². The molecule has 0 amide bonds. The van der Waals surface area contributed by atoms with E-state index in [1.54, 1.807) is 0 Å². The molecule has 2 aromatic rings. The second-order valence-corrected chi connectivity index (χ2v) is 6.53. The average Bonchev–Trinajstić information content (AvgIpc) is 3.25. The first kappa shape index (κ1) is 11.8. The molecule has 0 unspecified atom stereocenters. The molecule has 2 aromatic heterocycles. The van der Waals surface area contributed by atoms with Crippen molar-refractivity contribution in [1.29, 1.82) is 0 Å². The van der Waals surface area contributed by atoms with Gasteiger partial charge in [-0.15, -0.1) is 11.6 Å². The van der Waals surface area contributed by atoms with Gasteiger partial charge < -0.3 is 4.57 Å². The molecule has 0 radical (unpaired) electrons. The number of hydrogen-bond donors (Lipinski definition) is 0. The van der Waals surface area contributed by atoms with Crippen LogP contribution in [0.25, 0.3) is 11.2 Å². The zero-order chi connectivity index (χ0) is 13.2. The fourth-order valence-electron chi connectivity index (χ4n) is 3.51. The molecule has 4 nitrogen and oxygen atoms in total. The van der Waals surface area contributed by atoms with Crippen LogP contribution in [-0.2, 0) is 19.5 Å². The van der Waals surface area contributed by atoms with Gasteiger partial charge in [-0.25, -0.2) is 4.98 Å². The van der Waals surface area contributed by atoms with E-state index in [0.29, 0.717) is 11.3 Å². The molecule has 4 rings (SSSR count). The van der Waals surface area contributed by atoms with Crippen molar-refractivity contribution in [3.05, 3.63) is 11.5 Å². The van der Waals surface area contributed by atoms with Gasteiger partial charge in [0.05, 0.1) is 11.6 Å². The minimum atomic E-state index is 0.481. The molecule has 2 aliphatic carbocycles. The number of fused-ring (bicyclic) bond motifs is 1. The van der Waals surface area contributed by atoms with E-state index >= 15 is 0 Å². The fourth-order valence-corrected chi connectivity index (χ4v) is 3.72. The summed E-state index contributed by atoms with van der Waals surface area (Å²) in [4.78, 5) is 4.69. The van der Waals surface area contributed by atoms with Gasteiger partial charge in [-0.05, 0) is 43.9 Å². The van der Waals surface area contributed by atoms with Crippen molar-refractivity contribution in [2.75, 3.05) is 0 Å². The van der Waals surface area contributed by atoms with Crippen LogP contribution in [0, 0.1) is 18.3 Å². The van der Waals surface area contributed by atoms with Crippen molar-refractivity contribution in [1.82, 2.24) is 19.3 Å². The maximum absolute atomic E-state index is 6.10. The van der Waals surface area contributed by atoms with Crippen LogP contribution in [0.3, 0.4) is 0 Å². The number of imidazole rings is 1. The molecule has 0 aliphatic heterocycles. The number of nitrogens with zero attached hydrogens (tertiary/aromatic N) is 4. The minimum absolute atomic E-state index is 0.481. The largest absolute Gasteiger partial charge is 0.311 e. The normalized spacial score (nSPS) is 21.2. The quantitative estimate of drug-likeness (QED) is 0.806. The van der Waals surface area contributed by atoms with Gasteiger partial charge in [-0.3, -0.25) is 4.68 Å². The molecule has 0 aromatic carbocycles. The lowest BCUT2D eigenvalue weighted by molar-refractivity contribution is 0.368. The smallest absolute Gasteiger partial charge is 0.158 e. The zero-order valence-electron chi connectivity index (χ0n) is 11.5. The molecule has 0 bridgehead atoms. The van der Waals surface area contributed by atoms with Crippen molar-refractivity contribution < 1.29 is 0 Å². The maximum atomic E-state index is 6.10. The van der Waals surface area contributed by atoms with Gasteiger partial charge in [0.2, 0.25) is 0 Å². The van der Waals surface area contributed by atoms with E-state index in [1.807, 2.05) is 18.7 Å². The molecule has 2 aliphatic rings. The average molecular weight is 279 g/mol. The van der Waals surface area contributed by atoms with Crippen molar-refractivity contribution in [3.63, 3.8) is 0 Å². The van der Waals surface area contributed by atoms with Crippen LogP contribution in [0.5, 0.6) is 0 Å². The summed E-state index contributed by atoms with van der Waals surface area (Å²) < 4.78 is 4.28. The standard InChI is InChI=1S/C14H19ClN4/c1-9-12-13(18(2)17-9)19(11(7-15)16-12)8-14(5-6-14)10-3-4-10/h10H,3-8H2,1-2H3. The lowest BCUT2D eigenvalue weighted by atomic mass is 10.0. The summed E-state index contributed by atoms with van der Waals surface area (Å²) >= 11 is 6.10. The highest BCUT2D eigenvalue weighted by molar-refractivity contribution is 6.16. The van der Waals surface area contributed by atoms with Gasteiger partial charge in [0, 0.05) is 13.6 Å². The van der Waals surface area contributed by atoms with E-state index in [0.717, 1.165) is 35.1 Å². The first-order chi connectivity index (χ1) is 9.14. The van der Waals surface area contributed by atoms with Crippen molar-refractivity contribution in [2.45, 2.75) is 45.0 Å². The van der Waals surface area contributed by atoms with Crippen molar-refractivity contribution in [3.8, 4) is 0 Å². The second-order valence-electron chi connectivity index (χ2n) is 6.27. The third-order valence-corrected chi connectivity index (χ3v) is 5.14. The first-order valence-corrected chi connectivity index (χ1v) is 7.63. The molecule has 102 valence electrons. The molecular weight excluding hydrogens is 260 g/mol. The van der Waals surface area contributed by atoms with Crippen molar-refractivity contribution >= 4 is 22.8 Å². The molecule has 2 fully saturated rings. The molecule has 0 saturated heterocycles. The highest BCUT2D eigenvalue weighted by atomic mass is 35.5. The van der Waals surface area contributed by atoms with Gasteiger partial charge in [0.15, 0.2) is 5.65 Å². The summed E-state index contributed by atoms with van der Waals surface area (Å²) in [6.45, 7) is 3.10. The Bertz CT molecular complexity index is 646. The lowest BCUT2D eigenvalue weighted by Crippen LogP contribution is -2.17. The lowest BCUT2D eigenvalue weighted by Gasteiger charge is -2.17. The molecular formula is C14H19ClN4. The van der Waals surface area contributed by atoms with Gasteiger partial charge in [-0.1, -0.05) is 0 Å². The molecule has 0 N–H and O–H groups in total. The Morgan fingerprint density at radius 2 is 2.11 bits per heavy atom. The number of aromatic nitrogens is 4. The number of alkyl halides is 1. The zero-order valence-corrected chi connectivity index (χ0v) is 12.2.